The van der Waals surface area contributed by atoms with Crippen molar-refractivity contribution in [1.29, 1.82) is 0 Å². The Morgan fingerprint density at radius 2 is 2.08 bits per heavy atom. The van der Waals surface area contributed by atoms with Crippen molar-refractivity contribution in [3.63, 3.8) is 0 Å². The van der Waals surface area contributed by atoms with Gasteiger partial charge in [-0.1, -0.05) is 12.1 Å². The van der Waals surface area contributed by atoms with Gasteiger partial charge < -0.3 is 10.6 Å². The van der Waals surface area contributed by atoms with E-state index in [1.807, 2.05) is 24.3 Å². The second kappa shape index (κ2) is 11.1. The van der Waals surface area contributed by atoms with Crippen LogP contribution in [0.3, 0.4) is 0 Å². The number of carbonyl (C=O) groups excluding carboxylic acids is 1. The van der Waals surface area contributed by atoms with Crippen LogP contribution in [0.5, 0.6) is 0 Å². The van der Waals surface area contributed by atoms with Gasteiger partial charge in [-0.15, -0.1) is 24.8 Å². The Hall–Kier alpha value is -1.63. The van der Waals surface area contributed by atoms with E-state index >= 15 is 0 Å². The third-order valence-corrected chi connectivity index (χ3v) is 4.26. The van der Waals surface area contributed by atoms with Gasteiger partial charge in [0, 0.05) is 12.1 Å². The van der Waals surface area contributed by atoms with Gasteiger partial charge in [0.1, 0.15) is 12.7 Å². The number of anilines is 1. The van der Waals surface area contributed by atoms with Crippen LogP contribution in [0.25, 0.3) is 0 Å². The molecule has 6 nitrogen and oxygen atoms in total. The summed E-state index contributed by atoms with van der Waals surface area (Å²) < 4.78 is 1.76. The maximum Gasteiger partial charge on any atom is 0.224 e. The highest BCUT2D eigenvalue weighted by atomic mass is 35.5. The summed E-state index contributed by atoms with van der Waals surface area (Å²) in [5.74, 6) is 0.780. The zero-order chi connectivity index (χ0) is 15.9. The molecule has 2 heterocycles. The molecule has 0 unspecified atom stereocenters. The number of aromatic nitrogens is 3. The second-order valence-electron chi connectivity index (χ2n) is 6.07. The third-order valence-electron chi connectivity index (χ3n) is 4.26. The van der Waals surface area contributed by atoms with Crippen LogP contribution in [0.1, 0.15) is 31.2 Å². The smallest absolute Gasteiger partial charge is 0.224 e. The third kappa shape index (κ3) is 7.02. The molecule has 1 amide bonds. The van der Waals surface area contributed by atoms with Crippen molar-refractivity contribution >= 4 is 36.4 Å². The molecular weight excluding hydrogens is 361 g/mol. The number of hydrogen-bond donors (Lipinski definition) is 2. The molecule has 0 atom stereocenters. The van der Waals surface area contributed by atoms with Crippen molar-refractivity contribution in [1.82, 2.24) is 20.1 Å². The predicted molar refractivity (Wildman–Crippen MR) is 104 cm³/mol. The number of rotatable bonds is 6. The molecule has 138 valence electrons. The van der Waals surface area contributed by atoms with Crippen molar-refractivity contribution in [2.24, 2.45) is 5.92 Å². The number of amides is 1. The first-order valence-corrected chi connectivity index (χ1v) is 8.21. The van der Waals surface area contributed by atoms with Gasteiger partial charge in [0.05, 0.1) is 6.54 Å². The van der Waals surface area contributed by atoms with Crippen LogP contribution in [-0.4, -0.2) is 33.8 Å². The lowest BCUT2D eigenvalue weighted by molar-refractivity contribution is -0.116. The highest BCUT2D eigenvalue weighted by molar-refractivity contribution is 5.90. The molecule has 0 spiro atoms. The normalized spacial score (nSPS) is 14.2. The molecule has 0 radical (unpaired) electrons. The maximum atomic E-state index is 12.1. The molecule has 0 saturated carbocycles. The second-order valence-corrected chi connectivity index (χ2v) is 6.07. The molecule has 25 heavy (non-hydrogen) atoms. The summed E-state index contributed by atoms with van der Waals surface area (Å²) in [5.41, 5.74) is 1.93. The molecule has 8 heteroatoms. The first-order valence-electron chi connectivity index (χ1n) is 8.21. The van der Waals surface area contributed by atoms with Crippen LogP contribution in [0.15, 0.2) is 36.9 Å². The summed E-state index contributed by atoms with van der Waals surface area (Å²) in [6.45, 7) is 2.81. The highest BCUT2D eigenvalue weighted by Crippen LogP contribution is 2.18. The van der Waals surface area contributed by atoms with Gasteiger partial charge in [0.2, 0.25) is 5.91 Å². The molecule has 0 bridgehead atoms. The van der Waals surface area contributed by atoms with Crippen LogP contribution in [-0.2, 0) is 11.3 Å². The Balaban J connectivity index is 0.00000156. The van der Waals surface area contributed by atoms with E-state index < -0.39 is 0 Å². The van der Waals surface area contributed by atoms with Gasteiger partial charge in [0.15, 0.2) is 0 Å². The van der Waals surface area contributed by atoms with Crippen molar-refractivity contribution in [2.75, 3.05) is 18.4 Å². The van der Waals surface area contributed by atoms with Crippen molar-refractivity contribution in [3.8, 4) is 0 Å². The number of halogens is 2. The molecule has 1 aromatic carbocycles. The zero-order valence-electron chi connectivity index (χ0n) is 14.1. The lowest BCUT2D eigenvalue weighted by atomic mass is 9.93. The Kier molecular flexibility index (Phi) is 9.49. The standard InChI is InChI=1S/C17H23N5O.2ClH/c23-17(5-4-14-6-8-18-9-7-14)21-16-3-1-2-15(10-16)11-22-13-19-12-20-22;;/h1-3,10,12-14,18H,4-9,11H2,(H,21,23);2*1H. The summed E-state index contributed by atoms with van der Waals surface area (Å²) in [7, 11) is 0. The minimum Gasteiger partial charge on any atom is -0.326 e. The predicted octanol–water partition coefficient (Wildman–Crippen LogP) is 2.89. The average molecular weight is 386 g/mol. The molecule has 2 aromatic rings. The van der Waals surface area contributed by atoms with Gasteiger partial charge >= 0.3 is 0 Å². The monoisotopic (exact) mass is 385 g/mol. The van der Waals surface area contributed by atoms with E-state index in [-0.39, 0.29) is 30.7 Å². The summed E-state index contributed by atoms with van der Waals surface area (Å²) in [5, 5.41) is 10.5. The largest absolute Gasteiger partial charge is 0.326 e. The lowest BCUT2D eigenvalue weighted by Crippen LogP contribution is -2.28. The van der Waals surface area contributed by atoms with Gasteiger partial charge in [-0.3, -0.25) is 4.79 Å². The molecule has 1 fully saturated rings. The number of carbonyl (C=O) groups is 1. The topological polar surface area (TPSA) is 71.8 Å². The Bertz CT molecular complexity index is 630. The van der Waals surface area contributed by atoms with Crippen molar-refractivity contribution in [2.45, 2.75) is 32.2 Å². The van der Waals surface area contributed by atoms with Crippen LogP contribution in [0.2, 0.25) is 0 Å². The minimum absolute atomic E-state index is 0. The molecule has 1 aliphatic rings. The zero-order valence-corrected chi connectivity index (χ0v) is 15.7. The summed E-state index contributed by atoms with van der Waals surface area (Å²) in [6, 6.07) is 7.89. The van der Waals surface area contributed by atoms with Crippen molar-refractivity contribution < 1.29 is 4.79 Å². The fraction of sp³-hybridized carbons (Fsp3) is 0.471. The fourth-order valence-corrected chi connectivity index (χ4v) is 2.98. The van der Waals surface area contributed by atoms with Crippen molar-refractivity contribution in [3.05, 3.63) is 42.5 Å². The van der Waals surface area contributed by atoms with E-state index in [2.05, 4.69) is 20.7 Å². The van der Waals surface area contributed by atoms with E-state index in [1.54, 1.807) is 11.0 Å². The van der Waals surface area contributed by atoms with E-state index in [1.165, 1.54) is 19.2 Å². The van der Waals surface area contributed by atoms with E-state index in [9.17, 15) is 4.79 Å². The number of nitrogens with one attached hydrogen (secondary N) is 2. The first kappa shape index (κ1) is 21.4. The van der Waals surface area contributed by atoms with Gasteiger partial charge in [0.25, 0.3) is 0 Å². The summed E-state index contributed by atoms with van der Waals surface area (Å²) in [4.78, 5) is 16.1. The minimum atomic E-state index is 0. The first-order chi connectivity index (χ1) is 11.3. The summed E-state index contributed by atoms with van der Waals surface area (Å²) >= 11 is 0. The fourth-order valence-electron chi connectivity index (χ4n) is 2.98. The van der Waals surface area contributed by atoms with E-state index in [0.29, 0.717) is 18.9 Å². The van der Waals surface area contributed by atoms with E-state index in [4.69, 9.17) is 0 Å². The molecule has 3 rings (SSSR count). The number of nitrogens with zero attached hydrogens (tertiary/aromatic N) is 3. The average Bonchev–Trinajstić information content (AvgIpc) is 3.07. The quantitative estimate of drug-likeness (QED) is 0.801. The SMILES string of the molecule is Cl.Cl.O=C(CCC1CCNCC1)Nc1cccc(Cn2cncn2)c1. The van der Waals surface area contributed by atoms with Gasteiger partial charge in [-0.2, -0.15) is 5.10 Å². The van der Waals surface area contributed by atoms with Gasteiger partial charge in [-0.05, 0) is 56.0 Å². The number of hydrogen-bond acceptors (Lipinski definition) is 4. The molecule has 0 aliphatic carbocycles. The van der Waals surface area contributed by atoms with Gasteiger partial charge in [-0.25, -0.2) is 9.67 Å². The van der Waals surface area contributed by atoms with Crippen LogP contribution in [0, 0.1) is 5.92 Å². The summed E-state index contributed by atoms with van der Waals surface area (Å²) in [6.07, 6.45) is 7.14. The molecule has 1 aliphatic heterocycles. The number of benzene rings is 1. The maximum absolute atomic E-state index is 12.1. The molecule has 2 N–H and O–H groups in total. The van der Waals surface area contributed by atoms with E-state index in [0.717, 1.165) is 30.8 Å². The molecule has 1 aromatic heterocycles. The highest BCUT2D eigenvalue weighted by Gasteiger charge is 2.14. The van der Waals surface area contributed by atoms with Crippen LogP contribution < -0.4 is 10.6 Å². The van der Waals surface area contributed by atoms with Crippen LogP contribution in [0.4, 0.5) is 5.69 Å². The Morgan fingerprint density at radius 3 is 2.80 bits per heavy atom. The molecular formula is C17H25Cl2N5O. The Morgan fingerprint density at radius 1 is 1.28 bits per heavy atom. The Labute approximate surface area is 160 Å². The molecule has 1 saturated heterocycles. The lowest BCUT2D eigenvalue weighted by Gasteiger charge is -2.22. The number of piperidine rings is 1. The van der Waals surface area contributed by atoms with Crippen LogP contribution >= 0.6 is 24.8 Å².